The topological polar surface area (TPSA) is 87.0 Å². The molecule has 0 saturated carbocycles. The van der Waals surface area contributed by atoms with Crippen molar-refractivity contribution in [3.8, 4) is 11.3 Å². The van der Waals surface area contributed by atoms with E-state index in [1.54, 1.807) is 6.20 Å². The van der Waals surface area contributed by atoms with E-state index in [0.29, 0.717) is 0 Å². The second-order valence-electron chi connectivity index (χ2n) is 8.59. The summed E-state index contributed by atoms with van der Waals surface area (Å²) in [6, 6.07) is 2.15. The predicted molar refractivity (Wildman–Crippen MR) is 124 cm³/mol. The molecule has 4 aromatic rings. The summed E-state index contributed by atoms with van der Waals surface area (Å²) < 4.78 is 6.78. The molecule has 4 aromatic heterocycles. The average molecular weight is 437 g/mol. The van der Waals surface area contributed by atoms with Crippen LogP contribution in [0.1, 0.15) is 50.9 Å². The lowest BCUT2D eigenvalue weighted by Gasteiger charge is -2.44. The number of likely N-dealkylation sites (tertiary alicyclic amines) is 1. The van der Waals surface area contributed by atoms with Crippen molar-refractivity contribution in [2.24, 2.45) is 0 Å². The maximum absolute atomic E-state index is 4.72. The first kappa shape index (κ1) is 20.1. The van der Waals surface area contributed by atoms with Gasteiger partial charge in [0.25, 0.3) is 0 Å². The summed E-state index contributed by atoms with van der Waals surface area (Å²) in [5.41, 5.74) is 5.05. The van der Waals surface area contributed by atoms with E-state index in [4.69, 9.17) is 9.36 Å². The highest BCUT2D eigenvalue weighted by atomic mass is 32.1. The highest BCUT2D eigenvalue weighted by Gasteiger charge is 2.32. The van der Waals surface area contributed by atoms with Gasteiger partial charge in [-0.05, 0) is 57.3 Å². The first-order valence-corrected chi connectivity index (χ1v) is 11.6. The van der Waals surface area contributed by atoms with Crippen molar-refractivity contribution in [1.29, 1.82) is 0 Å². The van der Waals surface area contributed by atoms with E-state index in [-0.39, 0.29) is 5.54 Å². The predicted octanol–water partition coefficient (Wildman–Crippen LogP) is 4.78. The van der Waals surface area contributed by atoms with Crippen LogP contribution in [0.15, 0.2) is 30.9 Å². The van der Waals surface area contributed by atoms with Gasteiger partial charge in [0, 0.05) is 30.0 Å². The third-order valence-electron chi connectivity index (χ3n) is 6.48. The third-order valence-corrected chi connectivity index (χ3v) is 7.22. The molecule has 0 radical (unpaired) electrons. The molecule has 162 valence electrons. The lowest BCUT2D eigenvalue weighted by molar-refractivity contribution is 0.0495. The van der Waals surface area contributed by atoms with Crippen LogP contribution in [-0.4, -0.2) is 45.9 Å². The highest BCUT2D eigenvalue weighted by Crippen LogP contribution is 2.33. The number of anilines is 2. The van der Waals surface area contributed by atoms with E-state index in [0.717, 1.165) is 52.2 Å². The fourth-order valence-corrected chi connectivity index (χ4v) is 5.12. The molecule has 5 heterocycles. The van der Waals surface area contributed by atoms with Gasteiger partial charge in [0.2, 0.25) is 0 Å². The van der Waals surface area contributed by atoms with Gasteiger partial charge in [0.05, 0.1) is 29.5 Å². The Balaban J connectivity index is 1.39. The number of piperidine rings is 1. The lowest BCUT2D eigenvalue weighted by Crippen LogP contribution is -2.48. The van der Waals surface area contributed by atoms with Crippen LogP contribution in [0.2, 0.25) is 0 Å². The van der Waals surface area contributed by atoms with Gasteiger partial charge in [-0.15, -0.1) is 0 Å². The first-order chi connectivity index (χ1) is 15.1. The Morgan fingerprint density at radius 2 is 2.19 bits per heavy atom. The zero-order valence-electron chi connectivity index (χ0n) is 18.2. The Bertz CT molecular complexity index is 1180. The quantitative estimate of drug-likeness (QED) is 0.452. The second kappa shape index (κ2) is 8.05. The van der Waals surface area contributed by atoms with Gasteiger partial charge in [-0.25, -0.2) is 9.97 Å². The largest absolute Gasteiger partial charge is 0.328 e. The normalized spacial score (nSPS) is 19.8. The van der Waals surface area contributed by atoms with Crippen LogP contribution in [0.4, 0.5) is 10.8 Å². The lowest BCUT2D eigenvalue weighted by atomic mass is 9.86. The summed E-state index contributed by atoms with van der Waals surface area (Å²) in [5, 5.41) is 11.4. The molecule has 0 bridgehead atoms. The van der Waals surface area contributed by atoms with Crippen molar-refractivity contribution in [2.75, 3.05) is 11.9 Å². The molecular weight excluding hydrogens is 408 g/mol. The SMILES string of the molecule is CC[C@@]1(C)CCCCN1Cc1cc(Nc2nc(C)cn3c(-c4cn[nH]c4)cnc23)sn1. The fraction of sp³-hybridized carbons (Fsp3) is 0.455. The summed E-state index contributed by atoms with van der Waals surface area (Å²) >= 11 is 1.48. The van der Waals surface area contributed by atoms with Crippen molar-refractivity contribution in [3.63, 3.8) is 0 Å². The number of aromatic nitrogens is 6. The van der Waals surface area contributed by atoms with E-state index >= 15 is 0 Å². The van der Waals surface area contributed by atoms with Gasteiger partial charge in [-0.3, -0.25) is 14.4 Å². The zero-order valence-corrected chi connectivity index (χ0v) is 19.0. The van der Waals surface area contributed by atoms with Crippen LogP contribution in [0.5, 0.6) is 0 Å². The summed E-state index contributed by atoms with van der Waals surface area (Å²) in [5.74, 6) is 0.737. The Kier molecular flexibility index (Phi) is 5.23. The Hall–Kier alpha value is -2.78. The Labute approximate surface area is 185 Å². The van der Waals surface area contributed by atoms with Gasteiger partial charge >= 0.3 is 0 Å². The number of aryl methyl sites for hydroxylation is 1. The van der Waals surface area contributed by atoms with Gasteiger partial charge < -0.3 is 5.32 Å². The van der Waals surface area contributed by atoms with Gasteiger partial charge in [0.15, 0.2) is 11.5 Å². The van der Waals surface area contributed by atoms with Crippen LogP contribution in [0.25, 0.3) is 16.9 Å². The van der Waals surface area contributed by atoms with E-state index in [1.807, 2.05) is 25.5 Å². The summed E-state index contributed by atoms with van der Waals surface area (Å²) in [6.45, 7) is 8.72. The molecule has 0 amide bonds. The number of imidazole rings is 1. The number of fused-ring (bicyclic) bond motifs is 1. The molecule has 0 aromatic carbocycles. The molecule has 1 aliphatic heterocycles. The van der Waals surface area contributed by atoms with Crippen LogP contribution < -0.4 is 5.32 Å². The first-order valence-electron chi connectivity index (χ1n) is 10.9. The average Bonchev–Trinajstić information content (AvgIpc) is 3.50. The second-order valence-corrected chi connectivity index (χ2v) is 9.40. The maximum Gasteiger partial charge on any atom is 0.180 e. The molecule has 5 rings (SSSR count). The third kappa shape index (κ3) is 3.83. The molecule has 1 fully saturated rings. The molecule has 0 aliphatic carbocycles. The van der Waals surface area contributed by atoms with E-state index < -0.39 is 0 Å². The monoisotopic (exact) mass is 436 g/mol. The van der Waals surface area contributed by atoms with Crippen molar-refractivity contribution >= 4 is 28.0 Å². The number of H-pyrrole nitrogens is 1. The van der Waals surface area contributed by atoms with Crippen LogP contribution in [0, 0.1) is 6.92 Å². The molecule has 1 saturated heterocycles. The van der Waals surface area contributed by atoms with Crippen molar-refractivity contribution in [2.45, 2.75) is 58.5 Å². The van der Waals surface area contributed by atoms with Crippen molar-refractivity contribution < 1.29 is 0 Å². The van der Waals surface area contributed by atoms with Gasteiger partial charge in [-0.2, -0.15) is 9.47 Å². The number of hydrogen-bond donors (Lipinski definition) is 2. The smallest absolute Gasteiger partial charge is 0.180 e. The molecule has 0 spiro atoms. The minimum Gasteiger partial charge on any atom is -0.328 e. The van der Waals surface area contributed by atoms with Crippen LogP contribution >= 0.6 is 11.5 Å². The molecule has 9 heteroatoms. The minimum absolute atomic E-state index is 0.277. The van der Waals surface area contributed by atoms with Crippen LogP contribution in [0.3, 0.4) is 0 Å². The Morgan fingerprint density at radius 3 is 3.00 bits per heavy atom. The number of rotatable bonds is 6. The summed E-state index contributed by atoms with van der Waals surface area (Å²) in [4.78, 5) is 11.9. The van der Waals surface area contributed by atoms with E-state index in [1.165, 1.54) is 37.2 Å². The fourth-order valence-electron chi connectivity index (χ4n) is 4.46. The van der Waals surface area contributed by atoms with E-state index in [2.05, 4.69) is 49.7 Å². The van der Waals surface area contributed by atoms with Gasteiger partial charge in [0.1, 0.15) is 5.00 Å². The number of hydrogen-bond acceptors (Lipinski definition) is 7. The molecule has 31 heavy (non-hydrogen) atoms. The minimum atomic E-state index is 0.277. The van der Waals surface area contributed by atoms with Crippen LogP contribution in [-0.2, 0) is 6.54 Å². The standard InChI is InChI=1S/C22H28N8S/c1-4-22(3)7-5-6-8-29(22)14-17-9-19(31-28-17)27-20-21-23-12-18(16-10-24-25-11-16)30(21)13-15(2)26-20/h9-13H,4-8,14H2,1-3H3,(H,24,25)(H,26,27)/t22-/m0/s1. The number of aromatic amines is 1. The highest BCUT2D eigenvalue weighted by molar-refractivity contribution is 7.10. The number of nitrogens with zero attached hydrogens (tertiary/aromatic N) is 6. The summed E-state index contributed by atoms with van der Waals surface area (Å²) in [7, 11) is 0. The molecular formula is C22H28N8S. The number of nitrogens with one attached hydrogen (secondary N) is 2. The molecule has 8 nitrogen and oxygen atoms in total. The van der Waals surface area contributed by atoms with Gasteiger partial charge in [-0.1, -0.05) is 13.3 Å². The Morgan fingerprint density at radius 1 is 1.29 bits per heavy atom. The zero-order chi connectivity index (χ0) is 21.4. The molecule has 0 unspecified atom stereocenters. The van der Waals surface area contributed by atoms with Crippen molar-refractivity contribution in [1.82, 2.24) is 33.8 Å². The summed E-state index contributed by atoms with van der Waals surface area (Å²) in [6.07, 6.45) is 12.6. The molecule has 1 atom stereocenters. The van der Waals surface area contributed by atoms with E-state index in [9.17, 15) is 0 Å². The van der Waals surface area contributed by atoms with Crippen molar-refractivity contribution in [3.05, 3.63) is 42.2 Å². The maximum atomic E-state index is 4.72. The molecule has 2 N–H and O–H groups in total. The molecule has 1 aliphatic rings.